The van der Waals surface area contributed by atoms with Crippen LogP contribution in [0.15, 0.2) is 18.2 Å². The number of carbonyl (C=O) groups excluding carboxylic acids is 1. The number of aryl methyl sites for hydroxylation is 2. The second-order valence-electron chi connectivity index (χ2n) is 4.46. The van der Waals surface area contributed by atoms with Crippen molar-refractivity contribution < 1.29 is 9.53 Å². The molecule has 0 bridgehead atoms. The molecule has 5 heteroatoms. The number of nitrogens with zero attached hydrogens (tertiary/aromatic N) is 2. The van der Waals surface area contributed by atoms with E-state index in [9.17, 15) is 4.79 Å². The fraction of sp³-hybridized carbons (Fsp3) is 0.429. The number of Topliss-reactive ketones (excluding diaryl/α,β-unsaturated/α-hetero) is 1. The topological polar surface area (TPSA) is 44.1 Å². The predicted octanol–water partition coefficient (Wildman–Crippen LogP) is 2.50. The van der Waals surface area contributed by atoms with Crippen LogP contribution in [0.25, 0.3) is 11.0 Å². The lowest BCUT2D eigenvalue weighted by atomic mass is 10.2. The fourth-order valence-electron chi connectivity index (χ4n) is 2.10. The maximum absolute atomic E-state index is 11.2. The van der Waals surface area contributed by atoms with Crippen LogP contribution in [0.3, 0.4) is 0 Å². The van der Waals surface area contributed by atoms with Gasteiger partial charge in [0.1, 0.15) is 17.4 Å². The van der Waals surface area contributed by atoms with Crippen molar-refractivity contribution in [2.24, 2.45) is 0 Å². The van der Waals surface area contributed by atoms with E-state index in [2.05, 4.69) is 22.2 Å². The van der Waals surface area contributed by atoms with E-state index in [1.807, 2.05) is 18.2 Å². The number of methoxy groups -OCH3 is 1. The summed E-state index contributed by atoms with van der Waals surface area (Å²) in [6.07, 6.45) is 1.31. The van der Waals surface area contributed by atoms with Gasteiger partial charge in [0.15, 0.2) is 0 Å². The number of benzene rings is 1. The van der Waals surface area contributed by atoms with Crippen molar-refractivity contribution in [2.45, 2.75) is 26.3 Å². The summed E-state index contributed by atoms with van der Waals surface area (Å²) in [5, 5.41) is 0. The summed E-state index contributed by atoms with van der Waals surface area (Å²) in [6.45, 7) is 2.28. The molecule has 0 aliphatic carbocycles. The highest BCUT2D eigenvalue weighted by Crippen LogP contribution is 2.22. The second-order valence-corrected chi connectivity index (χ2v) is 4.91. The molecule has 0 radical (unpaired) electrons. The summed E-state index contributed by atoms with van der Waals surface area (Å²) < 4.78 is 7.31. The molecule has 0 fully saturated rings. The normalized spacial score (nSPS) is 10.9. The van der Waals surface area contributed by atoms with Gasteiger partial charge in [-0.05, 0) is 24.8 Å². The van der Waals surface area contributed by atoms with Gasteiger partial charge in [-0.15, -0.1) is 0 Å². The Balaban J connectivity index is 2.44. The van der Waals surface area contributed by atoms with Crippen LogP contribution in [0.1, 0.15) is 19.2 Å². The molecule has 0 aliphatic heterocycles. The molecule has 102 valence electrons. The Morgan fingerprint density at radius 3 is 2.89 bits per heavy atom. The third-order valence-corrected chi connectivity index (χ3v) is 3.28. The number of rotatable bonds is 6. The van der Waals surface area contributed by atoms with Crippen LogP contribution in [0.2, 0.25) is 0 Å². The predicted molar refractivity (Wildman–Crippen MR) is 79.1 cm³/mol. The molecule has 0 saturated carbocycles. The summed E-state index contributed by atoms with van der Waals surface area (Å²) >= 11 is 4.26. The molecular weight excluding hydrogens is 260 g/mol. The van der Waals surface area contributed by atoms with E-state index in [-0.39, 0.29) is 5.78 Å². The van der Waals surface area contributed by atoms with Crippen molar-refractivity contribution in [2.75, 3.05) is 12.9 Å². The first-order valence-corrected chi connectivity index (χ1v) is 6.92. The molecule has 0 aliphatic rings. The highest BCUT2D eigenvalue weighted by molar-refractivity contribution is 7.80. The first kappa shape index (κ1) is 13.9. The number of ketones is 1. The van der Waals surface area contributed by atoms with Crippen molar-refractivity contribution in [1.29, 1.82) is 0 Å². The van der Waals surface area contributed by atoms with E-state index in [4.69, 9.17) is 4.74 Å². The van der Waals surface area contributed by atoms with Crippen LogP contribution in [-0.2, 0) is 17.8 Å². The van der Waals surface area contributed by atoms with Crippen molar-refractivity contribution in [1.82, 2.24) is 9.55 Å². The number of fused-ring (bicyclic) bond motifs is 1. The quantitative estimate of drug-likeness (QED) is 0.826. The Morgan fingerprint density at radius 1 is 1.47 bits per heavy atom. The molecule has 0 amide bonds. The van der Waals surface area contributed by atoms with Gasteiger partial charge in [-0.1, -0.05) is 0 Å². The number of carbonyl (C=O) groups is 1. The number of ether oxygens (including phenoxy) is 1. The summed E-state index contributed by atoms with van der Waals surface area (Å²) in [4.78, 5) is 15.8. The van der Waals surface area contributed by atoms with Crippen LogP contribution >= 0.6 is 12.6 Å². The fourth-order valence-corrected chi connectivity index (χ4v) is 2.30. The van der Waals surface area contributed by atoms with Gasteiger partial charge in [-0.2, -0.15) is 12.6 Å². The van der Waals surface area contributed by atoms with Gasteiger partial charge < -0.3 is 9.30 Å². The van der Waals surface area contributed by atoms with E-state index in [1.54, 1.807) is 14.0 Å². The molecule has 19 heavy (non-hydrogen) atoms. The maximum Gasteiger partial charge on any atom is 0.131 e. The number of hydrogen-bond donors (Lipinski definition) is 1. The molecule has 1 aromatic heterocycles. The zero-order valence-electron chi connectivity index (χ0n) is 11.2. The van der Waals surface area contributed by atoms with Crippen molar-refractivity contribution in [3.8, 4) is 5.75 Å². The minimum Gasteiger partial charge on any atom is -0.497 e. The van der Waals surface area contributed by atoms with Crippen molar-refractivity contribution in [3.63, 3.8) is 0 Å². The van der Waals surface area contributed by atoms with E-state index < -0.39 is 0 Å². The molecule has 0 N–H and O–H groups in total. The zero-order chi connectivity index (χ0) is 13.8. The van der Waals surface area contributed by atoms with E-state index >= 15 is 0 Å². The number of hydrogen-bond acceptors (Lipinski definition) is 4. The maximum atomic E-state index is 11.2. The third-order valence-electron chi connectivity index (χ3n) is 3.06. The lowest BCUT2D eigenvalue weighted by Crippen LogP contribution is -2.07. The molecule has 0 atom stereocenters. The average molecular weight is 278 g/mol. The lowest BCUT2D eigenvalue weighted by Gasteiger charge is -2.07. The highest BCUT2D eigenvalue weighted by atomic mass is 32.1. The summed E-state index contributed by atoms with van der Waals surface area (Å²) in [5.41, 5.74) is 1.94. The van der Waals surface area contributed by atoms with Crippen LogP contribution in [0.4, 0.5) is 0 Å². The van der Waals surface area contributed by atoms with E-state index in [0.29, 0.717) is 13.0 Å². The van der Waals surface area contributed by atoms with Gasteiger partial charge in [-0.3, -0.25) is 4.79 Å². The Labute approximate surface area is 118 Å². The molecule has 0 saturated heterocycles. The van der Waals surface area contributed by atoms with Crippen molar-refractivity contribution >= 4 is 29.4 Å². The molecule has 1 heterocycles. The monoisotopic (exact) mass is 278 g/mol. The highest BCUT2D eigenvalue weighted by Gasteiger charge is 2.11. The van der Waals surface area contributed by atoms with E-state index in [0.717, 1.165) is 34.8 Å². The Bertz CT molecular complexity index is 592. The summed E-state index contributed by atoms with van der Waals surface area (Å²) in [6, 6.07) is 5.82. The number of imidazole rings is 1. The molecule has 0 spiro atoms. The largest absolute Gasteiger partial charge is 0.497 e. The zero-order valence-corrected chi connectivity index (χ0v) is 12.1. The Hall–Kier alpha value is -1.49. The van der Waals surface area contributed by atoms with Gasteiger partial charge in [0.2, 0.25) is 0 Å². The molecule has 2 aromatic rings. The van der Waals surface area contributed by atoms with Gasteiger partial charge in [0.05, 0.1) is 18.1 Å². The summed E-state index contributed by atoms with van der Waals surface area (Å²) in [5.74, 6) is 2.69. The van der Waals surface area contributed by atoms with Gasteiger partial charge in [0.25, 0.3) is 0 Å². The van der Waals surface area contributed by atoms with Crippen LogP contribution in [0.5, 0.6) is 5.75 Å². The standard InChI is InChI=1S/C14H18N2O2S/c1-10(17)5-7-16-13-4-3-11(18-2)9-12(13)15-14(16)6-8-19/h3-4,9,19H,5-8H2,1-2H3. The molecule has 2 rings (SSSR count). The average Bonchev–Trinajstić information content (AvgIpc) is 2.73. The van der Waals surface area contributed by atoms with Crippen LogP contribution in [0, 0.1) is 0 Å². The Morgan fingerprint density at radius 2 is 2.26 bits per heavy atom. The van der Waals surface area contributed by atoms with Crippen molar-refractivity contribution in [3.05, 3.63) is 24.0 Å². The molecule has 4 nitrogen and oxygen atoms in total. The van der Waals surface area contributed by atoms with E-state index in [1.165, 1.54) is 0 Å². The first-order chi connectivity index (χ1) is 9.15. The van der Waals surface area contributed by atoms with Gasteiger partial charge in [0, 0.05) is 25.5 Å². The lowest BCUT2D eigenvalue weighted by molar-refractivity contribution is -0.117. The minimum absolute atomic E-state index is 0.187. The second kappa shape index (κ2) is 6.10. The molecule has 0 unspecified atom stereocenters. The third kappa shape index (κ3) is 3.10. The number of aromatic nitrogens is 2. The SMILES string of the molecule is COc1ccc2c(c1)nc(CCS)n2CCC(C)=O. The van der Waals surface area contributed by atoms with Crippen LogP contribution in [-0.4, -0.2) is 28.2 Å². The Kier molecular flexibility index (Phi) is 4.47. The van der Waals surface area contributed by atoms with Gasteiger partial charge >= 0.3 is 0 Å². The number of thiol groups is 1. The first-order valence-electron chi connectivity index (χ1n) is 6.29. The molecular formula is C14H18N2O2S. The molecule has 1 aromatic carbocycles. The van der Waals surface area contributed by atoms with Gasteiger partial charge in [-0.25, -0.2) is 4.98 Å². The minimum atomic E-state index is 0.187. The van der Waals surface area contributed by atoms with Crippen LogP contribution < -0.4 is 4.74 Å². The smallest absolute Gasteiger partial charge is 0.131 e. The summed E-state index contributed by atoms with van der Waals surface area (Å²) in [7, 11) is 1.64.